The summed E-state index contributed by atoms with van der Waals surface area (Å²) in [5.74, 6) is 7.15. The van der Waals surface area contributed by atoms with Crippen LogP contribution in [0.5, 0.6) is 5.75 Å². The molecular weight excluding hydrogens is 297 g/mol. The Labute approximate surface area is 119 Å². The molecule has 19 heavy (non-hydrogen) atoms. The monoisotopic (exact) mass is 324 g/mol. The summed E-state index contributed by atoms with van der Waals surface area (Å²) in [6.45, 7) is 4.29. The van der Waals surface area contributed by atoms with E-state index in [1.54, 1.807) is 0 Å². The number of ether oxygens (including phenoxy) is 1. The third-order valence-corrected chi connectivity index (χ3v) is 6.60. The van der Waals surface area contributed by atoms with Gasteiger partial charge in [-0.2, -0.15) is 0 Å². The first-order valence-electron chi connectivity index (χ1n) is 7.20. The average molecular weight is 323 g/mol. The van der Waals surface area contributed by atoms with E-state index >= 15 is 0 Å². The molecule has 1 aromatic rings. The van der Waals surface area contributed by atoms with E-state index < -0.39 is 13.3 Å². The molecule has 2 nitrogen and oxygen atoms in total. The molecule has 1 unspecified atom stereocenters. The molecule has 0 fully saturated rings. The van der Waals surface area contributed by atoms with Gasteiger partial charge >= 0.3 is 119 Å². The zero-order chi connectivity index (χ0) is 14.5. The summed E-state index contributed by atoms with van der Waals surface area (Å²) in [6, 6.07) is 7.71. The van der Waals surface area contributed by atoms with Crippen molar-refractivity contribution in [3.8, 4) is 5.75 Å². The number of carbonyl (C=O) groups excluding carboxylic acids is 1. The predicted octanol–water partition coefficient (Wildman–Crippen LogP) is 4.70. The second kappa shape index (κ2) is 7.13. The van der Waals surface area contributed by atoms with E-state index in [2.05, 4.69) is 31.1 Å². The van der Waals surface area contributed by atoms with Crippen LogP contribution in [-0.4, -0.2) is 24.0 Å². The summed E-state index contributed by atoms with van der Waals surface area (Å²) in [6.07, 6.45) is 3.33. The van der Waals surface area contributed by atoms with Crippen molar-refractivity contribution in [3.63, 3.8) is 0 Å². The van der Waals surface area contributed by atoms with Crippen LogP contribution < -0.4 is 4.74 Å². The van der Waals surface area contributed by atoms with E-state index in [1.165, 1.54) is 0 Å². The Morgan fingerprint density at radius 1 is 1.21 bits per heavy atom. The fourth-order valence-electron chi connectivity index (χ4n) is 2.01. The average Bonchev–Trinajstić information content (AvgIpc) is 2.37. The summed E-state index contributed by atoms with van der Waals surface area (Å²) >= 11 is -2.34. The minimum absolute atomic E-state index is 0.214. The molecule has 0 aromatic heterocycles. The van der Waals surface area contributed by atoms with Crippen LogP contribution in [0.1, 0.15) is 43.5 Å². The SMILES string of the molecule is CCCC(CC)Oc1ccccc1[C](=O)[Ge]([CH3])([CH3])[CH3]. The molecule has 3 heteroatoms. The van der Waals surface area contributed by atoms with Crippen LogP contribution in [0, 0.1) is 0 Å². The molecule has 0 heterocycles. The third-order valence-electron chi connectivity index (χ3n) is 3.17. The van der Waals surface area contributed by atoms with Crippen molar-refractivity contribution in [2.75, 3.05) is 0 Å². The fraction of sp³-hybridized carbons (Fsp3) is 0.562. The molecule has 106 valence electrons. The van der Waals surface area contributed by atoms with Crippen LogP contribution in [0.3, 0.4) is 0 Å². The number of hydrogen-bond donors (Lipinski definition) is 0. The van der Waals surface area contributed by atoms with Crippen LogP contribution in [0.2, 0.25) is 17.3 Å². The van der Waals surface area contributed by atoms with Crippen molar-refractivity contribution in [3.05, 3.63) is 29.8 Å². The van der Waals surface area contributed by atoms with E-state index in [4.69, 9.17) is 4.74 Å². The molecule has 0 amide bonds. The molecule has 0 bridgehead atoms. The van der Waals surface area contributed by atoms with Crippen molar-refractivity contribution in [1.29, 1.82) is 0 Å². The molecule has 0 aliphatic rings. The van der Waals surface area contributed by atoms with Gasteiger partial charge in [0.2, 0.25) is 0 Å². The van der Waals surface area contributed by atoms with Gasteiger partial charge in [-0.15, -0.1) is 0 Å². The first-order chi connectivity index (χ1) is 8.90. The Balaban J connectivity index is 2.99. The predicted molar refractivity (Wildman–Crippen MR) is 83.7 cm³/mol. The molecule has 1 atom stereocenters. The Morgan fingerprint density at radius 3 is 2.37 bits per heavy atom. The second-order valence-electron chi connectivity index (χ2n) is 6.01. The maximum atomic E-state index is 12.5. The number of rotatable bonds is 7. The van der Waals surface area contributed by atoms with Gasteiger partial charge in [-0.1, -0.05) is 0 Å². The van der Waals surface area contributed by atoms with E-state index in [1.807, 2.05) is 24.3 Å². The summed E-state index contributed by atoms with van der Waals surface area (Å²) < 4.78 is 6.38. The van der Waals surface area contributed by atoms with Crippen LogP contribution in [-0.2, 0) is 0 Å². The van der Waals surface area contributed by atoms with Gasteiger partial charge in [0.25, 0.3) is 0 Å². The maximum absolute atomic E-state index is 12.5. The van der Waals surface area contributed by atoms with Crippen molar-refractivity contribution in [2.45, 2.75) is 56.5 Å². The zero-order valence-corrected chi connectivity index (χ0v) is 14.9. The van der Waals surface area contributed by atoms with E-state index in [-0.39, 0.29) is 6.10 Å². The molecule has 1 aromatic carbocycles. The number of para-hydroxylation sites is 1. The van der Waals surface area contributed by atoms with Crippen molar-refractivity contribution in [1.82, 2.24) is 0 Å². The Hall–Kier alpha value is -0.767. The minimum atomic E-state index is -2.34. The Morgan fingerprint density at radius 2 is 1.84 bits per heavy atom. The van der Waals surface area contributed by atoms with Crippen molar-refractivity contribution < 1.29 is 9.53 Å². The van der Waals surface area contributed by atoms with Crippen LogP contribution in [0.25, 0.3) is 0 Å². The summed E-state index contributed by atoms with van der Waals surface area (Å²) in [4.78, 5) is 12.5. The van der Waals surface area contributed by atoms with Crippen molar-refractivity contribution in [2.24, 2.45) is 0 Å². The van der Waals surface area contributed by atoms with Gasteiger partial charge in [0.1, 0.15) is 0 Å². The topological polar surface area (TPSA) is 26.3 Å². The number of benzene rings is 1. The normalized spacial score (nSPS) is 13.1. The molecule has 0 spiro atoms. The molecule has 0 N–H and O–H groups in total. The van der Waals surface area contributed by atoms with Crippen LogP contribution in [0.4, 0.5) is 0 Å². The Kier molecular flexibility index (Phi) is 6.11. The summed E-state index contributed by atoms with van der Waals surface area (Å²) in [5.41, 5.74) is 0.782. The van der Waals surface area contributed by atoms with E-state index in [9.17, 15) is 4.79 Å². The van der Waals surface area contributed by atoms with Gasteiger partial charge in [-0.3, -0.25) is 0 Å². The first-order valence-corrected chi connectivity index (χ1v) is 14.5. The summed E-state index contributed by atoms with van der Waals surface area (Å²) in [7, 11) is 0. The molecule has 0 saturated carbocycles. The molecular formula is C16H26GeO2. The molecule has 0 aliphatic carbocycles. The molecule has 0 aliphatic heterocycles. The molecule has 0 saturated heterocycles. The number of hydrogen-bond acceptors (Lipinski definition) is 2. The van der Waals surface area contributed by atoms with Crippen LogP contribution in [0.15, 0.2) is 24.3 Å². The molecule has 0 radical (unpaired) electrons. The molecule has 1 rings (SSSR count). The standard InChI is InChI=1S/C16H26GeO2/c1-6-10-13(7-2)19-15-12-9-8-11-14(15)16(18)17(3,4)5/h8-9,11-13H,6-7,10H2,1-5H3. The summed E-state index contributed by atoms with van der Waals surface area (Å²) in [5, 5.41) is 0. The van der Waals surface area contributed by atoms with Gasteiger partial charge in [0.15, 0.2) is 0 Å². The van der Waals surface area contributed by atoms with E-state index in [0.29, 0.717) is 4.62 Å². The van der Waals surface area contributed by atoms with Gasteiger partial charge in [-0.25, -0.2) is 0 Å². The van der Waals surface area contributed by atoms with Gasteiger partial charge in [0.05, 0.1) is 0 Å². The fourth-order valence-corrected chi connectivity index (χ4v) is 4.14. The van der Waals surface area contributed by atoms with Crippen molar-refractivity contribution >= 4 is 17.9 Å². The third kappa shape index (κ3) is 4.68. The quantitative estimate of drug-likeness (QED) is 0.680. The zero-order valence-electron chi connectivity index (χ0n) is 12.8. The van der Waals surface area contributed by atoms with Gasteiger partial charge in [-0.05, 0) is 0 Å². The van der Waals surface area contributed by atoms with E-state index in [0.717, 1.165) is 30.6 Å². The van der Waals surface area contributed by atoms with Gasteiger partial charge in [0, 0.05) is 0 Å². The van der Waals surface area contributed by atoms with Gasteiger partial charge < -0.3 is 0 Å². The first kappa shape index (κ1) is 16.3. The number of carbonyl (C=O) groups is 1. The van der Waals surface area contributed by atoms with Crippen LogP contribution >= 0.6 is 0 Å². The second-order valence-corrected chi connectivity index (χ2v) is 16.4. The Bertz CT molecular complexity index is 421.